The van der Waals surface area contributed by atoms with Gasteiger partial charge in [0.05, 0.1) is 15.7 Å². The smallest absolute Gasteiger partial charge is 0.127 e. The molecule has 0 amide bonds. The Morgan fingerprint density at radius 3 is 2.64 bits per heavy atom. The summed E-state index contributed by atoms with van der Waals surface area (Å²) in [7, 11) is 0. The van der Waals surface area contributed by atoms with Crippen LogP contribution in [-0.4, -0.2) is 9.78 Å². The molecule has 72 valence electrons. The molecule has 2 nitrogen and oxygen atoms in total. The van der Waals surface area contributed by atoms with Gasteiger partial charge in [0.15, 0.2) is 0 Å². The van der Waals surface area contributed by atoms with Crippen LogP contribution in [0.5, 0.6) is 0 Å². The summed E-state index contributed by atoms with van der Waals surface area (Å²) < 4.78 is 2.36. The Hall–Kier alpha value is -0.770. The number of aromatic amines is 1. The van der Waals surface area contributed by atoms with Crippen molar-refractivity contribution in [2.24, 2.45) is 0 Å². The maximum atomic E-state index is 6.04. The molecule has 0 aliphatic heterocycles. The van der Waals surface area contributed by atoms with E-state index in [1.165, 1.54) is 0 Å². The van der Waals surface area contributed by atoms with E-state index in [2.05, 4.69) is 5.10 Å². The third kappa shape index (κ3) is 1.59. The summed E-state index contributed by atoms with van der Waals surface area (Å²) in [6.45, 7) is 0. The highest BCUT2D eigenvalue weighted by atomic mass is 35.5. The van der Waals surface area contributed by atoms with Gasteiger partial charge in [-0.15, -0.1) is 0 Å². The van der Waals surface area contributed by atoms with Gasteiger partial charge in [-0.1, -0.05) is 41.5 Å². The fourth-order valence-corrected chi connectivity index (χ4v) is 1.77. The first-order valence-electron chi connectivity index (χ1n) is 3.91. The molecule has 0 spiro atoms. The quantitative estimate of drug-likeness (QED) is 0.757. The predicted molar refractivity (Wildman–Crippen MR) is 61.0 cm³/mol. The van der Waals surface area contributed by atoms with Gasteiger partial charge in [-0.3, -0.25) is 0 Å². The van der Waals surface area contributed by atoms with Crippen molar-refractivity contribution in [1.29, 1.82) is 0 Å². The lowest BCUT2D eigenvalue weighted by molar-refractivity contribution is 0.869. The van der Waals surface area contributed by atoms with Crippen LogP contribution in [-0.2, 0) is 0 Å². The molecule has 2 aromatic rings. The number of halogens is 2. The Bertz CT molecular complexity index is 516. The summed E-state index contributed by atoms with van der Waals surface area (Å²) in [5.74, 6) is 0. The van der Waals surface area contributed by atoms with Gasteiger partial charge in [-0.25, -0.2) is 4.68 Å². The Morgan fingerprint density at radius 2 is 2.00 bits per heavy atom. The van der Waals surface area contributed by atoms with Gasteiger partial charge in [0.25, 0.3) is 0 Å². The highest BCUT2D eigenvalue weighted by Crippen LogP contribution is 2.27. The van der Waals surface area contributed by atoms with E-state index in [9.17, 15) is 0 Å². The van der Waals surface area contributed by atoms with Crippen LogP contribution in [0.25, 0.3) is 5.69 Å². The zero-order valence-corrected chi connectivity index (χ0v) is 9.33. The van der Waals surface area contributed by atoms with Gasteiger partial charge in [-0.2, -0.15) is 0 Å². The normalized spacial score (nSPS) is 10.4. The number of benzene rings is 1. The molecule has 0 aliphatic rings. The second kappa shape index (κ2) is 3.77. The number of hydrogen-bond donors (Lipinski definition) is 1. The van der Waals surface area contributed by atoms with Gasteiger partial charge in [0.1, 0.15) is 4.64 Å². The Kier molecular flexibility index (Phi) is 2.63. The van der Waals surface area contributed by atoms with Crippen LogP contribution in [0.1, 0.15) is 0 Å². The van der Waals surface area contributed by atoms with Crippen LogP contribution in [0.15, 0.2) is 30.5 Å². The van der Waals surface area contributed by atoms with Crippen LogP contribution in [0, 0.1) is 4.64 Å². The van der Waals surface area contributed by atoms with Crippen molar-refractivity contribution >= 4 is 35.4 Å². The molecule has 0 unspecified atom stereocenters. The molecule has 0 fully saturated rings. The monoisotopic (exact) mass is 244 g/mol. The van der Waals surface area contributed by atoms with E-state index < -0.39 is 0 Å². The predicted octanol–water partition coefficient (Wildman–Crippen LogP) is 3.84. The summed E-state index contributed by atoms with van der Waals surface area (Å²) >= 11 is 17.0. The Labute approximate surface area is 96.1 Å². The maximum absolute atomic E-state index is 6.04. The molecular formula is C9H6Cl2N2S. The highest BCUT2D eigenvalue weighted by molar-refractivity contribution is 7.71. The molecule has 0 aliphatic carbocycles. The second-order valence-electron chi connectivity index (χ2n) is 2.71. The largest absolute Gasteiger partial charge is 0.300 e. The molecule has 2 rings (SSSR count). The number of rotatable bonds is 1. The van der Waals surface area contributed by atoms with Crippen molar-refractivity contribution in [2.45, 2.75) is 0 Å². The summed E-state index contributed by atoms with van der Waals surface area (Å²) in [6.07, 6.45) is 1.75. The second-order valence-corrected chi connectivity index (χ2v) is 3.91. The molecule has 0 atom stereocenters. The van der Waals surface area contributed by atoms with Crippen LogP contribution in [0.4, 0.5) is 0 Å². The standard InChI is InChI=1S/C9H6Cl2N2S/c10-6-2-1-3-7(9(6)11)13-8(14)4-5-12-13/h1-5,12H. The zero-order valence-electron chi connectivity index (χ0n) is 7.00. The lowest BCUT2D eigenvalue weighted by atomic mass is 10.3. The minimum atomic E-state index is 0.493. The zero-order chi connectivity index (χ0) is 10.1. The van der Waals surface area contributed by atoms with Crippen LogP contribution in [0.3, 0.4) is 0 Å². The minimum absolute atomic E-state index is 0.493. The van der Waals surface area contributed by atoms with Crippen molar-refractivity contribution < 1.29 is 0 Å². The molecule has 5 heteroatoms. The van der Waals surface area contributed by atoms with Crippen molar-refractivity contribution in [2.75, 3.05) is 0 Å². The van der Waals surface area contributed by atoms with E-state index in [-0.39, 0.29) is 0 Å². The molecule has 0 radical (unpaired) electrons. The van der Waals surface area contributed by atoms with Crippen LogP contribution in [0.2, 0.25) is 10.0 Å². The fourth-order valence-electron chi connectivity index (χ4n) is 1.17. The molecule has 0 bridgehead atoms. The molecule has 14 heavy (non-hydrogen) atoms. The number of hydrogen-bond acceptors (Lipinski definition) is 1. The SMILES string of the molecule is S=c1cc[nH]n1-c1cccc(Cl)c1Cl. The number of nitrogens with zero attached hydrogens (tertiary/aromatic N) is 1. The summed E-state index contributed by atoms with van der Waals surface area (Å²) in [5.41, 5.74) is 0.758. The third-order valence-electron chi connectivity index (χ3n) is 1.82. The lowest BCUT2D eigenvalue weighted by Gasteiger charge is -2.05. The molecule has 1 aromatic carbocycles. The Morgan fingerprint density at radius 1 is 1.21 bits per heavy atom. The molecule has 1 heterocycles. The molecule has 1 aromatic heterocycles. The van der Waals surface area contributed by atoms with E-state index in [1.807, 2.05) is 12.1 Å². The van der Waals surface area contributed by atoms with Gasteiger partial charge >= 0.3 is 0 Å². The first-order chi connectivity index (χ1) is 6.70. The lowest BCUT2D eigenvalue weighted by Crippen LogP contribution is -1.96. The summed E-state index contributed by atoms with van der Waals surface area (Å²) in [4.78, 5) is 0. The Balaban J connectivity index is 2.69. The first kappa shape index (κ1) is 9.77. The molecule has 0 saturated carbocycles. The molecule has 1 N–H and O–H groups in total. The van der Waals surface area contributed by atoms with Gasteiger partial charge in [-0.05, 0) is 18.2 Å². The minimum Gasteiger partial charge on any atom is -0.300 e. The first-order valence-corrected chi connectivity index (χ1v) is 5.07. The third-order valence-corrected chi connectivity index (χ3v) is 2.95. The molecular weight excluding hydrogens is 239 g/mol. The van der Waals surface area contributed by atoms with E-state index >= 15 is 0 Å². The van der Waals surface area contributed by atoms with E-state index in [4.69, 9.17) is 35.4 Å². The van der Waals surface area contributed by atoms with Crippen LogP contribution < -0.4 is 0 Å². The van der Waals surface area contributed by atoms with E-state index in [0.29, 0.717) is 14.7 Å². The highest BCUT2D eigenvalue weighted by Gasteiger charge is 2.06. The number of aromatic nitrogens is 2. The fraction of sp³-hybridized carbons (Fsp3) is 0. The van der Waals surface area contributed by atoms with Gasteiger partial charge in [0, 0.05) is 6.20 Å². The average Bonchev–Trinajstić information content (AvgIpc) is 2.57. The number of nitrogens with one attached hydrogen (secondary N) is 1. The van der Waals surface area contributed by atoms with E-state index in [0.717, 1.165) is 5.69 Å². The summed E-state index contributed by atoms with van der Waals surface area (Å²) in [5, 5.41) is 3.97. The average molecular weight is 245 g/mol. The van der Waals surface area contributed by atoms with E-state index in [1.54, 1.807) is 23.0 Å². The van der Waals surface area contributed by atoms with Gasteiger partial charge in [0.2, 0.25) is 0 Å². The van der Waals surface area contributed by atoms with Crippen molar-refractivity contribution in [1.82, 2.24) is 9.78 Å². The van der Waals surface area contributed by atoms with Gasteiger partial charge < -0.3 is 5.10 Å². The maximum Gasteiger partial charge on any atom is 0.127 e. The van der Waals surface area contributed by atoms with Crippen molar-refractivity contribution in [3.8, 4) is 5.69 Å². The molecule has 0 saturated heterocycles. The summed E-state index contributed by atoms with van der Waals surface area (Å²) in [6, 6.07) is 7.19. The van der Waals surface area contributed by atoms with Crippen LogP contribution >= 0.6 is 35.4 Å². The topological polar surface area (TPSA) is 20.7 Å². The van der Waals surface area contributed by atoms with Crippen molar-refractivity contribution in [3.05, 3.63) is 45.1 Å². The van der Waals surface area contributed by atoms with Crippen molar-refractivity contribution in [3.63, 3.8) is 0 Å². The number of H-pyrrole nitrogens is 1.